The first-order chi connectivity index (χ1) is 13.0. The zero-order valence-corrected chi connectivity index (χ0v) is 18.7. The third-order valence-electron chi connectivity index (χ3n) is 2.29. The lowest BCUT2D eigenvalue weighted by molar-refractivity contribution is -0.135. The van der Waals surface area contributed by atoms with Crippen LogP contribution in [0.15, 0.2) is 12.1 Å². The number of carboxylic acids is 3. The maximum atomic E-state index is 9.91. The second-order valence-corrected chi connectivity index (χ2v) is 6.56. The van der Waals surface area contributed by atoms with Gasteiger partial charge in [-0.2, -0.15) is 0 Å². The minimum Gasteiger partial charge on any atom is -0.506 e. The number of pyridine rings is 1. The largest absolute Gasteiger partial charge is 0.506 e. The van der Waals surface area contributed by atoms with Crippen LogP contribution in [-0.4, -0.2) is 65.6 Å². The van der Waals surface area contributed by atoms with Gasteiger partial charge in [-0.05, 0) is 32.9 Å². The average molecular weight is 457 g/mol. The van der Waals surface area contributed by atoms with E-state index in [1.165, 1.54) is 6.07 Å². The number of aliphatic hydroxyl groups excluding tert-OH is 2. The predicted molar refractivity (Wildman–Crippen MR) is 112 cm³/mol. The van der Waals surface area contributed by atoms with Gasteiger partial charge in [0.05, 0.1) is 12.3 Å². The van der Waals surface area contributed by atoms with Crippen LogP contribution in [0.4, 0.5) is 0 Å². The number of carboxylic acid groups (broad SMARTS) is 3. The Morgan fingerprint density at radius 2 is 1.37 bits per heavy atom. The van der Waals surface area contributed by atoms with Crippen LogP contribution < -0.4 is 5.32 Å². The molecule has 1 aromatic heterocycles. The number of aliphatic carboxylic acids is 3. The Balaban J connectivity index is -0.000000215. The molecule has 0 aliphatic carbocycles. The minimum absolute atomic E-state index is 0. The van der Waals surface area contributed by atoms with Crippen molar-refractivity contribution in [3.8, 4) is 5.75 Å². The first-order valence-corrected chi connectivity index (χ1v) is 8.34. The molecule has 1 unspecified atom stereocenters. The van der Waals surface area contributed by atoms with E-state index in [0.29, 0.717) is 12.2 Å². The van der Waals surface area contributed by atoms with Gasteiger partial charge in [0.1, 0.15) is 17.5 Å². The van der Waals surface area contributed by atoms with Gasteiger partial charge < -0.3 is 36.0 Å². The minimum atomic E-state index is -0.833. The third kappa shape index (κ3) is 30.3. The van der Waals surface area contributed by atoms with Gasteiger partial charge in [-0.3, -0.25) is 14.4 Å². The van der Waals surface area contributed by atoms with Crippen molar-refractivity contribution in [3.05, 3.63) is 23.5 Å². The second-order valence-electron chi connectivity index (χ2n) is 6.56. The van der Waals surface area contributed by atoms with E-state index in [9.17, 15) is 10.2 Å². The van der Waals surface area contributed by atoms with Crippen LogP contribution in [0.25, 0.3) is 0 Å². The smallest absolute Gasteiger partial charge is 0.300 e. The summed E-state index contributed by atoms with van der Waals surface area (Å²) < 4.78 is 0. The number of β-amino-alcohol motifs (C(OH)–C–C–N with tert-alkyl or cyclic N) is 1. The number of rotatable bonds is 4. The summed E-state index contributed by atoms with van der Waals surface area (Å²) in [5.41, 5.74) is 0.526. The van der Waals surface area contributed by atoms with E-state index < -0.39 is 24.0 Å². The number of halogens is 1. The van der Waals surface area contributed by atoms with Crippen molar-refractivity contribution in [2.45, 2.75) is 59.8 Å². The van der Waals surface area contributed by atoms with E-state index in [1.54, 1.807) is 6.07 Å². The molecule has 30 heavy (non-hydrogen) atoms. The lowest BCUT2D eigenvalue weighted by atomic mass is 10.1. The van der Waals surface area contributed by atoms with Crippen LogP contribution in [0, 0.1) is 0 Å². The standard InChI is InChI=1S/C12H20N2O3.3C2H4O2.ClH/c1-12(2,3)13-6-11(17)8-4-5-10(16)9(7-15)14-8;3*1-2(3)4;/h4-5,11,13,15-17H,6-7H2,1-3H3;3*1H3,(H,3,4);1H. The molecule has 0 amide bonds. The first kappa shape index (κ1) is 35.0. The summed E-state index contributed by atoms with van der Waals surface area (Å²) in [7, 11) is 0. The first-order valence-electron chi connectivity index (χ1n) is 8.34. The van der Waals surface area contributed by atoms with E-state index >= 15 is 0 Å². The van der Waals surface area contributed by atoms with Gasteiger partial charge in [0.2, 0.25) is 0 Å². The van der Waals surface area contributed by atoms with Crippen molar-refractivity contribution in [1.29, 1.82) is 0 Å². The lowest BCUT2D eigenvalue weighted by Crippen LogP contribution is -2.38. The van der Waals surface area contributed by atoms with Crippen LogP contribution in [0.1, 0.15) is 59.0 Å². The SMILES string of the molecule is CC(=O)O.CC(=O)O.CC(=O)O.CC(C)(C)NCC(O)c1ccc(O)c(CO)n1.Cl. The van der Waals surface area contributed by atoms with Gasteiger partial charge in [-0.15, -0.1) is 12.4 Å². The molecule has 11 nitrogen and oxygen atoms in total. The molecule has 0 fully saturated rings. The van der Waals surface area contributed by atoms with Crippen molar-refractivity contribution in [2.24, 2.45) is 0 Å². The van der Waals surface area contributed by atoms with Crippen LogP contribution in [-0.2, 0) is 21.0 Å². The number of aromatic hydroxyl groups is 1. The Hall–Kier alpha value is -2.47. The molecule has 0 spiro atoms. The van der Waals surface area contributed by atoms with E-state index in [2.05, 4.69) is 10.3 Å². The molecule has 1 atom stereocenters. The molecule has 7 N–H and O–H groups in total. The maximum absolute atomic E-state index is 9.91. The zero-order valence-electron chi connectivity index (χ0n) is 17.9. The summed E-state index contributed by atoms with van der Waals surface area (Å²) in [4.78, 5) is 31.0. The Kier molecular flexibility index (Phi) is 21.6. The van der Waals surface area contributed by atoms with Crippen molar-refractivity contribution in [1.82, 2.24) is 10.3 Å². The highest BCUT2D eigenvalue weighted by atomic mass is 35.5. The molecule has 12 heteroatoms. The molecule has 0 aliphatic heterocycles. The third-order valence-corrected chi connectivity index (χ3v) is 2.29. The van der Waals surface area contributed by atoms with Crippen molar-refractivity contribution >= 4 is 30.3 Å². The van der Waals surface area contributed by atoms with E-state index in [1.807, 2.05) is 20.8 Å². The van der Waals surface area contributed by atoms with E-state index in [-0.39, 0.29) is 36.0 Å². The van der Waals surface area contributed by atoms with Gasteiger partial charge in [-0.1, -0.05) is 0 Å². The molecule has 0 radical (unpaired) electrons. The van der Waals surface area contributed by atoms with E-state index in [4.69, 9.17) is 34.8 Å². The molecule has 0 aliphatic rings. The molecule has 0 aromatic carbocycles. The monoisotopic (exact) mass is 456 g/mol. The van der Waals surface area contributed by atoms with Gasteiger partial charge in [0, 0.05) is 32.9 Å². The highest BCUT2D eigenvalue weighted by Crippen LogP contribution is 2.18. The van der Waals surface area contributed by atoms with Gasteiger partial charge in [0.25, 0.3) is 17.9 Å². The number of hydrogen-bond acceptors (Lipinski definition) is 8. The Morgan fingerprint density at radius 1 is 1.00 bits per heavy atom. The number of hydrogen-bond donors (Lipinski definition) is 7. The summed E-state index contributed by atoms with van der Waals surface area (Å²) in [6.45, 7) is 9.28. The normalized spacial score (nSPS) is 10.3. The molecule has 1 heterocycles. The van der Waals surface area contributed by atoms with Crippen molar-refractivity contribution in [2.75, 3.05) is 6.54 Å². The number of nitrogens with zero attached hydrogens (tertiary/aromatic N) is 1. The predicted octanol–water partition coefficient (Wildman–Crippen LogP) is 1.40. The van der Waals surface area contributed by atoms with Crippen LogP contribution in [0.3, 0.4) is 0 Å². The number of aromatic nitrogens is 1. The Morgan fingerprint density at radius 3 is 1.67 bits per heavy atom. The topological polar surface area (TPSA) is 198 Å². The summed E-state index contributed by atoms with van der Waals surface area (Å²) in [5.74, 6) is -2.56. The second kappa shape index (κ2) is 18.6. The summed E-state index contributed by atoms with van der Waals surface area (Å²) in [5, 5.41) is 53.6. The van der Waals surface area contributed by atoms with Gasteiger partial charge >= 0.3 is 0 Å². The summed E-state index contributed by atoms with van der Waals surface area (Å²) in [6, 6.07) is 2.97. The van der Waals surface area contributed by atoms with E-state index in [0.717, 1.165) is 20.8 Å². The zero-order chi connectivity index (χ0) is 23.8. The van der Waals surface area contributed by atoms with Crippen LogP contribution in [0.2, 0.25) is 0 Å². The number of nitrogens with one attached hydrogen (secondary N) is 1. The molecule has 176 valence electrons. The molecular formula is C18H33ClN2O9. The number of aliphatic hydroxyl groups is 2. The fraction of sp³-hybridized carbons (Fsp3) is 0.556. The molecule has 0 saturated carbocycles. The molecule has 0 bridgehead atoms. The fourth-order valence-corrected chi connectivity index (χ4v) is 1.32. The lowest BCUT2D eigenvalue weighted by Gasteiger charge is -2.22. The van der Waals surface area contributed by atoms with Crippen LogP contribution >= 0.6 is 12.4 Å². The van der Waals surface area contributed by atoms with Gasteiger partial charge in [0.15, 0.2) is 0 Å². The summed E-state index contributed by atoms with van der Waals surface area (Å²) in [6.07, 6.45) is -0.764. The van der Waals surface area contributed by atoms with Crippen molar-refractivity contribution in [3.63, 3.8) is 0 Å². The maximum Gasteiger partial charge on any atom is 0.300 e. The molecule has 1 aromatic rings. The highest BCUT2D eigenvalue weighted by Gasteiger charge is 2.15. The molecule has 1 rings (SSSR count). The summed E-state index contributed by atoms with van der Waals surface area (Å²) >= 11 is 0. The number of carbonyl (C=O) groups is 3. The molecule has 0 saturated heterocycles. The van der Waals surface area contributed by atoms with Gasteiger partial charge in [-0.25, -0.2) is 4.98 Å². The van der Waals surface area contributed by atoms with Crippen molar-refractivity contribution < 1.29 is 45.0 Å². The Labute approximate surface area is 181 Å². The molecular weight excluding hydrogens is 424 g/mol. The quantitative estimate of drug-likeness (QED) is 0.345. The fourth-order valence-electron chi connectivity index (χ4n) is 1.32. The van der Waals surface area contributed by atoms with Crippen LogP contribution in [0.5, 0.6) is 5.75 Å². The highest BCUT2D eigenvalue weighted by molar-refractivity contribution is 5.85. The Bertz CT molecular complexity index is 594. The average Bonchev–Trinajstić information content (AvgIpc) is 2.50.